The number of fused-ring (bicyclic) bond motifs is 2. The van der Waals surface area contributed by atoms with Crippen LogP contribution in [0.2, 0.25) is 0 Å². The van der Waals surface area contributed by atoms with Gasteiger partial charge in [0.2, 0.25) is 0 Å². The molecule has 9 heteroatoms. The molecular weight excluding hydrogens is 409 g/mol. The lowest BCUT2D eigenvalue weighted by atomic mass is 10.1. The zero-order valence-electron chi connectivity index (χ0n) is 16.9. The second-order valence-corrected chi connectivity index (χ2v) is 7.53. The smallest absolute Gasteiger partial charge is 0.322 e. The van der Waals surface area contributed by atoms with E-state index in [2.05, 4.69) is 15.0 Å². The second-order valence-electron chi connectivity index (χ2n) is 7.53. The molecule has 0 fully saturated rings. The van der Waals surface area contributed by atoms with Crippen molar-refractivity contribution in [2.45, 2.75) is 39.4 Å². The predicted octanol–water partition coefficient (Wildman–Crippen LogP) is 3.85. The number of aromatic nitrogens is 4. The molecule has 2 aromatic rings. The molecule has 31 heavy (non-hydrogen) atoms. The van der Waals surface area contributed by atoms with Crippen molar-refractivity contribution in [1.29, 1.82) is 0 Å². The van der Waals surface area contributed by atoms with E-state index in [-0.39, 0.29) is 11.5 Å². The Kier molecular flexibility index (Phi) is 5.12. The number of alkyl halides is 3. The summed E-state index contributed by atoms with van der Waals surface area (Å²) in [5.41, 5.74) is 1.82. The highest BCUT2D eigenvalue weighted by Gasteiger charge is 2.30. The van der Waals surface area contributed by atoms with Crippen molar-refractivity contribution < 1.29 is 13.2 Å². The van der Waals surface area contributed by atoms with Gasteiger partial charge in [0.15, 0.2) is 11.5 Å². The highest BCUT2D eigenvalue weighted by Crippen LogP contribution is 2.30. The highest BCUT2D eigenvalue weighted by atomic mass is 19.4. The van der Waals surface area contributed by atoms with Crippen LogP contribution < -0.4 is 11.2 Å². The molecule has 1 N–H and O–H groups in total. The summed E-state index contributed by atoms with van der Waals surface area (Å²) in [6.07, 6.45) is -3.52. The molecule has 4 rings (SSSR count). The maximum absolute atomic E-state index is 13.0. The van der Waals surface area contributed by atoms with E-state index in [1.807, 2.05) is 26.0 Å². The maximum Gasteiger partial charge on any atom is 0.416 e. The Morgan fingerprint density at radius 3 is 2.52 bits per heavy atom. The molecule has 0 aliphatic carbocycles. The first-order chi connectivity index (χ1) is 14.6. The number of H-pyrrole nitrogens is 1. The van der Waals surface area contributed by atoms with Crippen LogP contribution in [0, 0.1) is 13.8 Å². The van der Waals surface area contributed by atoms with E-state index in [0.29, 0.717) is 36.0 Å². The zero-order chi connectivity index (χ0) is 22.3. The van der Waals surface area contributed by atoms with Gasteiger partial charge in [0.1, 0.15) is 0 Å². The van der Waals surface area contributed by atoms with Gasteiger partial charge in [0, 0.05) is 6.54 Å². The third-order valence-corrected chi connectivity index (χ3v) is 5.33. The molecule has 0 bridgehead atoms. The summed E-state index contributed by atoms with van der Waals surface area (Å²) in [6.45, 7) is 4.22. The third-order valence-electron chi connectivity index (χ3n) is 5.33. The van der Waals surface area contributed by atoms with Crippen LogP contribution in [-0.4, -0.2) is 19.5 Å². The van der Waals surface area contributed by atoms with Gasteiger partial charge in [0.25, 0.3) is 5.56 Å². The number of nitrogens with zero attached hydrogens (tertiary/aromatic N) is 3. The van der Waals surface area contributed by atoms with Crippen LogP contribution in [0.1, 0.15) is 28.7 Å². The number of nitrogens with one attached hydrogen (secondary N) is 1. The predicted molar refractivity (Wildman–Crippen MR) is 110 cm³/mol. The van der Waals surface area contributed by atoms with Crippen LogP contribution in [0.15, 0.2) is 46.0 Å². The lowest BCUT2D eigenvalue weighted by Gasteiger charge is -2.18. The van der Waals surface area contributed by atoms with Gasteiger partial charge in [-0.25, -0.2) is 9.78 Å². The Morgan fingerprint density at radius 2 is 1.77 bits per heavy atom. The van der Waals surface area contributed by atoms with E-state index in [9.17, 15) is 22.8 Å². The largest absolute Gasteiger partial charge is 0.416 e. The van der Waals surface area contributed by atoms with Gasteiger partial charge in [-0.15, -0.1) is 0 Å². The summed E-state index contributed by atoms with van der Waals surface area (Å²) in [6, 6.07) is 8.99. The molecule has 0 aromatic heterocycles. The standard InChI is InChI=1S/C22H19F3N4O2/c1-12-9-16-17(10-13(12)2)29(19-18(26-16)20(30)28-21(31)27-19)8-4-6-14-5-3-7-15(11-14)22(23,24)25/h3,5,7,9-11H,4,6,8H2,1-2H3,(H,28,30,31). The Hall–Kier alpha value is -3.49. The quantitative estimate of drug-likeness (QED) is 0.501. The van der Waals surface area contributed by atoms with Gasteiger partial charge in [-0.1, -0.05) is 18.2 Å². The van der Waals surface area contributed by atoms with Crippen LogP contribution in [0.4, 0.5) is 13.2 Å². The monoisotopic (exact) mass is 428 g/mol. The SMILES string of the molecule is Cc1cc2nc3c(=O)[nH]c(=O)nc-3n(CCCc3cccc(C(F)(F)F)c3)c2cc1C. The molecule has 0 atom stereocenters. The summed E-state index contributed by atoms with van der Waals surface area (Å²) >= 11 is 0. The molecule has 0 spiro atoms. The van der Waals surface area contributed by atoms with E-state index < -0.39 is 23.0 Å². The van der Waals surface area contributed by atoms with Crippen molar-refractivity contribution >= 4 is 11.0 Å². The Bertz CT molecular complexity index is 1370. The van der Waals surface area contributed by atoms with Gasteiger partial charge >= 0.3 is 11.9 Å². The van der Waals surface area contributed by atoms with Gasteiger partial charge in [-0.05, 0) is 61.6 Å². The molecule has 0 radical (unpaired) electrons. The van der Waals surface area contributed by atoms with Crippen LogP contribution >= 0.6 is 0 Å². The fourth-order valence-electron chi connectivity index (χ4n) is 3.62. The molecule has 160 valence electrons. The molecule has 0 unspecified atom stereocenters. The molecule has 2 aliphatic heterocycles. The number of hydrogen-bond donors (Lipinski definition) is 1. The summed E-state index contributed by atoms with van der Waals surface area (Å²) in [5.74, 6) is 0.161. The Balaban J connectivity index is 1.74. The average Bonchev–Trinajstić information content (AvgIpc) is 2.69. The molecule has 0 amide bonds. The van der Waals surface area contributed by atoms with Crippen molar-refractivity contribution in [1.82, 2.24) is 19.5 Å². The van der Waals surface area contributed by atoms with E-state index in [0.717, 1.165) is 23.3 Å². The number of halogens is 3. The lowest BCUT2D eigenvalue weighted by Crippen LogP contribution is -2.29. The van der Waals surface area contributed by atoms with Gasteiger partial charge < -0.3 is 4.57 Å². The minimum Gasteiger partial charge on any atom is -0.322 e. The maximum atomic E-state index is 13.0. The van der Waals surface area contributed by atoms with Crippen molar-refractivity contribution in [2.24, 2.45) is 0 Å². The topological polar surface area (TPSA) is 80.6 Å². The first kappa shape index (κ1) is 20.8. The molecule has 2 aliphatic rings. The Labute approximate surface area is 174 Å². The summed E-state index contributed by atoms with van der Waals surface area (Å²) in [4.78, 5) is 34.6. The first-order valence-electron chi connectivity index (χ1n) is 9.71. The number of benzene rings is 2. The van der Waals surface area contributed by atoms with E-state index >= 15 is 0 Å². The van der Waals surface area contributed by atoms with Gasteiger partial charge in [-0.2, -0.15) is 18.2 Å². The summed E-state index contributed by atoms with van der Waals surface area (Å²) in [7, 11) is 0. The van der Waals surface area contributed by atoms with Crippen LogP contribution in [-0.2, 0) is 19.1 Å². The summed E-state index contributed by atoms with van der Waals surface area (Å²) in [5, 5.41) is 0. The first-order valence-corrected chi connectivity index (χ1v) is 9.71. The fraction of sp³-hybridized carbons (Fsp3) is 0.273. The molecule has 0 saturated heterocycles. The van der Waals surface area contributed by atoms with Crippen LogP contribution in [0.5, 0.6) is 0 Å². The number of aryl methyl sites for hydroxylation is 4. The third kappa shape index (κ3) is 4.08. The minimum atomic E-state index is -4.40. The molecule has 2 heterocycles. The van der Waals surface area contributed by atoms with E-state index in [4.69, 9.17) is 0 Å². The van der Waals surface area contributed by atoms with Gasteiger partial charge in [-0.3, -0.25) is 9.78 Å². The Morgan fingerprint density at radius 1 is 1.03 bits per heavy atom. The average molecular weight is 428 g/mol. The number of aromatic amines is 1. The highest BCUT2D eigenvalue weighted by molar-refractivity contribution is 5.81. The molecule has 2 aromatic carbocycles. The zero-order valence-corrected chi connectivity index (χ0v) is 16.9. The lowest BCUT2D eigenvalue weighted by molar-refractivity contribution is -0.137. The van der Waals surface area contributed by atoms with Crippen molar-refractivity contribution in [2.75, 3.05) is 0 Å². The van der Waals surface area contributed by atoms with Gasteiger partial charge in [0.05, 0.1) is 16.6 Å². The molecular formula is C22H19F3N4O2. The summed E-state index contributed by atoms with van der Waals surface area (Å²) < 4.78 is 40.7. The van der Waals surface area contributed by atoms with Crippen molar-refractivity contribution in [3.8, 4) is 11.5 Å². The van der Waals surface area contributed by atoms with Crippen LogP contribution in [0.25, 0.3) is 22.6 Å². The van der Waals surface area contributed by atoms with E-state index in [1.54, 1.807) is 10.6 Å². The molecule has 0 saturated carbocycles. The molecule has 6 nitrogen and oxygen atoms in total. The van der Waals surface area contributed by atoms with Crippen molar-refractivity contribution in [3.63, 3.8) is 0 Å². The van der Waals surface area contributed by atoms with E-state index in [1.165, 1.54) is 6.07 Å². The number of hydrogen-bond acceptors (Lipinski definition) is 4. The normalized spacial score (nSPS) is 12.0. The minimum absolute atomic E-state index is 0.0504. The van der Waals surface area contributed by atoms with Crippen molar-refractivity contribution in [3.05, 3.63) is 79.5 Å². The second kappa shape index (κ2) is 7.64. The number of rotatable bonds is 4. The fourth-order valence-corrected chi connectivity index (χ4v) is 3.62. The van der Waals surface area contributed by atoms with Crippen LogP contribution in [0.3, 0.4) is 0 Å².